The third kappa shape index (κ3) is 6.01. The number of para-hydroxylation sites is 1. The molecule has 2 nitrogen and oxygen atoms in total. The first kappa shape index (κ1) is 45.5. The van der Waals surface area contributed by atoms with Crippen LogP contribution in [-0.2, 0) is 27.1 Å². The summed E-state index contributed by atoms with van der Waals surface area (Å²) in [6, 6.07) is 81.3. The molecule has 0 atom stereocenters. The molecule has 2 aliphatic heterocycles. The van der Waals surface area contributed by atoms with Crippen molar-refractivity contribution in [2.24, 2.45) is 0 Å². The summed E-state index contributed by atoms with van der Waals surface area (Å²) in [6.45, 7) is 18.9. The van der Waals surface area contributed by atoms with Crippen LogP contribution in [0.1, 0.15) is 122 Å². The van der Waals surface area contributed by atoms with Gasteiger partial charge in [-0.15, -0.1) is 0 Å². The maximum absolute atomic E-state index is 7.05. The second kappa shape index (κ2) is 15.6. The number of nitrogens with zero attached hydrogens (tertiary/aromatic N) is 1. The van der Waals surface area contributed by atoms with Crippen LogP contribution in [0, 0.1) is 0 Å². The van der Waals surface area contributed by atoms with Gasteiger partial charge in [-0.3, -0.25) is 0 Å². The van der Waals surface area contributed by atoms with E-state index in [-0.39, 0.29) is 16.2 Å². The number of hydrogen-bond donors (Lipinski definition) is 0. The highest BCUT2D eigenvalue weighted by Gasteiger charge is 2.53. The van der Waals surface area contributed by atoms with E-state index in [4.69, 9.17) is 4.74 Å². The third-order valence-electron chi connectivity index (χ3n) is 17.9. The Morgan fingerprint density at radius 2 is 0.737 bits per heavy atom. The van der Waals surface area contributed by atoms with E-state index in [0.717, 1.165) is 39.7 Å². The van der Waals surface area contributed by atoms with Crippen LogP contribution in [0.4, 0.5) is 17.1 Å². The summed E-state index contributed by atoms with van der Waals surface area (Å²) in [7, 11) is 0. The monoisotopic (exact) mass is 997 g/mol. The molecule has 2 heterocycles. The van der Waals surface area contributed by atoms with Crippen molar-refractivity contribution in [2.75, 3.05) is 4.90 Å². The standard InChI is InChI=1S/C73H59NOS/c1-69(2,3)44-29-34-53-54-35-30-45(70(4,5)6)40-62(54)73(61(53)39-44)59-26-16-18-28-67(59)76-68-38-33-48(43-64(68)73)74(46-31-36-52-49-19-9-12-22-55(49)71(7,8)60(52)41-46)47-32-37-66-63(42-47)72(58-25-15-17-27-65(58)75-66)56-23-13-10-20-50(56)51-21-11-14-24-57(51)72/h9-43H,1-8H3. The lowest BCUT2D eigenvalue weighted by Crippen LogP contribution is -2.33. The van der Waals surface area contributed by atoms with E-state index in [1.807, 2.05) is 11.8 Å². The molecule has 0 amide bonds. The summed E-state index contributed by atoms with van der Waals surface area (Å²) in [6.07, 6.45) is 0. The van der Waals surface area contributed by atoms with Gasteiger partial charge in [-0.2, -0.15) is 0 Å². The van der Waals surface area contributed by atoms with Gasteiger partial charge in [0.25, 0.3) is 0 Å². The average Bonchev–Trinajstić information content (AvgIpc) is 4.09. The van der Waals surface area contributed by atoms with Crippen molar-refractivity contribution in [3.05, 3.63) is 279 Å². The Morgan fingerprint density at radius 3 is 1.36 bits per heavy atom. The van der Waals surface area contributed by atoms with Crippen LogP contribution in [0.3, 0.4) is 0 Å². The quantitative estimate of drug-likeness (QED) is 0.175. The van der Waals surface area contributed by atoms with Gasteiger partial charge >= 0.3 is 0 Å². The highest BCUT2D eigenvalue weighted by atomic mass is 32.2. The maximum atomic E-state index is 7.05. The first-order valence-electron chi connectivity index (χ1n) is 27.1. The summed E-state index contributed by atoms with van der Waals surface area (Å²) >= 11 is 1.91. The number of anilines is 3. The second-order valence-corrected chi connectivity index (χ2v) is 25.5. The molecule has 0 fully saturated rings. The highest BCUT2D eigenvalue weighted by Crippen LogP contribution is 2.66. The van der Waals surface area contributed by atoms with Gasteiger partial charge in [0.05, 0.1) is 10.8 Å². The summed E-state index contributed by atoms with van der Waals surface area (Å²) < 4.78 is 7.05. The molecule has 0 N–H and O–H groups in total. The Morgan fingerprint density at radius 1 is 0.329 bits per heavy atom. The van der Waals surface area contributed by atoms with Crippen molar-refractivity contribution < 1.29 is 4.74 Å². The van der Waals surface area contributed by atoms with Crippen molar-refractivity contribution in [2.45, 2.75) is 92.3 Å². The molecule has 2 spiro atoms. The van der Waals surface area contributed by atoms with Crippen LogP contribution in [-0.4, -0.2) is 0 Å². The molecule has 0 radical (unpaired) electrons. The minimum Gasteiger partial charge on any atom is -0.457 e. The van der Waals surface area contributed by atoms with Gasteiger partial charge in [0.15, 0.2) is 0 Å². The fourth-order valence-corrected chi connectivity index (χ4v) is 15.4. The van der Waals surface area contributed by atoms with Crippen LogP contribution in [0.2, 0.25) is 0 Å². The molecule has 5 aliphatic rings. The van der Waals surface area contributed by atoms with Gasteiger partial charge in [0.1, 0.15) is 11.5 Å². The van der Waals surface area contributed by atoms with Crippen molar-refractivity contribution in [3.63, 3.8) is 0 Å². The lowest BCUT2D eigenvalue weighted by atomic mass is 9.66. The molecular weight excluding hydrogens is 939 g/mol. The largest absolute Gasteiger partial charge is 0.457 e. The van der Waals surface area contributed by atoms with E-state index >= 15 is 0 Å². The molecule has 10 aromatic rings. The topological polar surface area (TPSA) is 12.5 Å². The van der Waals surface area contributed by atoms with E-state index in [9.17, 15) is 0 Å². The lowest BCUT2D eigenvalue weighted by Gasteiger charge is -2.41. The van der Waals surface area contributed by atoms with E-state index in [1.54, 1.807) is 0 Å². The van der Waals surface area contributed by atoms with Gasteiger partial charge in [0, 0.05) is 43.4 Å². The number of fused-ring (bicyclic) bond motifs is 21. The molecule has 76 heavy (non-hydrogen) atoms. The first-order chi connectivity index (χ1) is 36.7. The van der Waals surface area contributed by atoms with Crippen molar-refractivity contribution in [1.82, 2.24) is 0 Å². The van der Waals surface area contributed by atoms with Gasteiger partial charge in [-0.05, 0) is 161 Å². The molecule has 0 saturated heterocycles. The number of hydrogen-bond acceptors (Lipinski definition) is 3. The molecule has 368 valence electrons. The van der Waals surface area contributed by atoms with E-state index in [0.29, 0.717) is 0 Å². The van der Waals surface area contributed by atoms with Crippen LogP contribution in [0.15, 0.2) is 222 Å². The fourth-order valence-electron chi connectivity index (χ4n) is 14.3. The predicted molar refractivity (Wildman–Crippen MR) is 315 cm³/mol. The van der Waals surface area contributed by atoms with Crippen molar-refractivity contribution in [1.29, 1.82) is 0 Å². The van der Waals surface area contributed by atoms with Crippen LogP contribution in [0.25, 0.3) is 33.4 Å². The molecule has 3 heteroatoms. The zero-order valence-electron chi connectivity index (χ0n) is 44.5. The molecule has 0 aromatic heterocycles. The second-order valence-electron chi connectivity index (χ2n) is 24.4. The summed E-state index contributed by atoms with van der Waals surface area (Å²) in [5, 5.41) is 0. The summed E-state index contributed by atoms with van der Waals surface area (Å²) in [5.74, 6) is 1.77. The Hall–Kier alpha value is -7.85. The van der Waals surface area contributed by atoms with Gasteiger partial charge in [-0.25, -0.2) is 0 Å². The van der Waals surface area contributed by atoms with E-state index in [1.165, 1.54) is 98.8 Å². The molecule has 10 aromatic carbocycles. The summed E-state index contributed by atoms with van der Waals surface area (Å²) in [5.41, 5.74) is 25.2. The fraction of sp³-hybridized carbons (Fsp3) is 0.178. The minimum absolute atomic E-state index is 0.0542. The smallest absolute Gasteiger partial charge is 0.132 e. The number of benzene rings is 10. The SMILES string of the molecule is CC(C)(C)c1ccc2c(c1)C1(c3ccccc3Sc3ccc(N(c4ccc5c(c4)C(C)(C)c4ccccc4-5)c4ccc5c(c4)C4(c6ccccc6O5)c5ccccc5-c5ccccc54)cc31)c1cc(C(C)(C)C)ccc1-2. The maximum Gasteiger partial charge on any atom is 0.132 e. The molecule has 15 rings (SSSR count). The van der Waals surface area contributed by atoms with Gasteiger partial charge in [-0.1, -0.05) is 219 Å². The lowest BCUT2D eigenvalue weighted by molar-refractivity contribution is 0.436. The van der Waals surface area contributed by atoms with Crippen LogP contribution >= 0.6 is 11.8 Å². The van der Waals surface area contributed by atoms with Crippen LogP contribution < -0.4 is 9.64 Å². The van der Waals surface area contributed by atoms with E-state index in [2.05, 4.69) is 273 Å². The number of rotatable bonds is 3. The summed E-state index contributed by atoms with van der Waals surface area (Å²) in [4.78, 5) is 5.13. The zero-order valence-corrected chi connectivity index (χ0v) is 45.3. The van der Waals surface area contributed by atoms with Gasteiger partial charge < -0.3 is 9.64 Å². The molecule has 0 unspecified atom stereocenters. The molecule has 0 saturated carbocycles. The highest BCUT2D eigenvalue weighted by molar-refractivity contribution is 7.99. The zero-order chi connectivity index (χ0) is 51.7. The van der Waals surface area contributed by atoms with E-state index < -0.39 is 10.8 Å². The number of ether oxygens (including phenoxy) is 1. The molecular formula is C73H59NOS. The Kier molecular flexibility index (Phi) is 9.36. The Labute approximate surface area is 452 Å². The van der Waals surface area contributed by atoms with Crippen molar-refractivity contribution in [3.8, 4) is 44.9 Å². The molecule has 0 bridgehead atoms. The Balaban J connectivity index is 1.03. The first-order valence-corrected chi connectivity index (χ1v) is 27.9. The van der Waals surface area contributed by atoms with Crippen LogP contribution in [0.5, 0.6) is 11.5 Å². The normalized spacial score (nSPS) is 15.7. The molecule has 3 aliphatic carbocycles. The minimum atomic E-state index is -0.617. The average molecular weight is 998 g/mol. The third-order valence-corrected chi connectivity index (χ3v) is 19.1. The Bertz CT molecular complexity index is 4030. The predicted octanol–water partition coefficient (Wildman–Crippen LogP) is 19.4. The van der Waals surface area contributed by atoms with Crippen molar-refractivity contribution >= 4 is 28.8 Å². The van der Waals surface area contributed by atoms with Gasteiger partial charge in [0.2, 0.25) is 0 Å².